The van der Waals surface area contributed by atoms with E-state index in [4.69, 9.17) is 10.5 Å². The van der Waals surface area contributed by atoms with Gasteiger partial charge in [-0.3, -0.25) is 4.79 Å². The maximum absolute atomic E-state index is 12.5. The monoisotopic (exact) mass is 305 g/mol. The lowest BCUT2D eigenvalue weighted by Gasteiger charge is -2.37. The van der Waals surface area contributed by atoms with Crippen molar-refractivity contribution in [3.8, 4) is 0 Å². The second-order valence-electron chi connectivity index (χ2n) is 6.24. The van der Waals surface area contributed by atoms with Crippen molar-refractivity contribution < 1.29 is 9.53 Å². The molecule has 0 bridgehead atoms. The Balaban J connectivity index is 1.55. The van der Waals surface area contributed by atoms with Crippen LogP contribution < -0.4 is 5.73 Å². The van der Waals surface area contributed by atoms with Crippen LogP contribution in [0, 0.1) is 5.92 Å². The van der Waals surface area contributed by atoms with E-state index >= 15 is 0 Å². The molecule has 2 unspecified atom stereocenters. The van der Waals surface area contributed by atoms with Gasteiger partial charge in [-0.2, -0.15) is 11.8 Å². The van der Waals surface area contributed by atoms with Crippen molar-refractivity contribution in [2.75, 3.05) is 23.8 Å². The number of aryl methyl sites for hydroxylation is 1. The van der Waals surface area contributed by atoms with E-state index in [-0.39, 0.29) is 11.5 Å². The third kappa shape index (κ3) is 3.61. The highest BCUT2D eigenvalue weighted by molar-refractivity contribution is 7.99. The molecule has 2 aliphatic rings. The molecule has 0 aliphatic carbocycles. The lowest BCUT2D eigenvalue weighted by Crippen LogP contribution is -2.42. The minimum absolute atomic E-state index is 0.000415. The number of anilines is 1. The van der Waals surface area contributed by atoms with Crippen molar-refractivity contribution >= 4 is 23.2 Å². The number of thioether (sulfide) groups is 1. The zero-order chi connectivity index (χ0) is 14.7. The predicted molar refractivity (Wildman–Crippen MR) is 87.5 cm³/mol. The van der Waals surface area contributed by atoms with Crippen LogP contribution in [0.3, 0.4) is 0 Å². The first-order chi connectivity index (χ1) is 10.2. The van der Waals surface area contributed by atoms with Crippen molar-refractivity contribution in [2.45, 2.75) is 37.7 Å². The Kier molecular flexibility index (Phi) is 4.55. The largest absolute Gasteiger partial charge is 0.399 e. The summed E-state index contributed by atoms with van der Waals surface area (Å²) in [7, 11) is 0. The summed E-state index contributed by atoms with van der Waals surface area (Å²) in [6.45, 7) is 0.745. The number of carbonyl (C=O) groups excluding carboxylic acids is 1. The molecule has 21 heavy (non-hydrogen) atoms. The highest BCUT2D eigenvalue weighted by Crippen LogP contribution is 2.40. The van der Waals surface area contributed by atoms with Gasteiger partial charge in [-0.1, -0.05) is 12.1 Å². The lowest BCUT2D eigenvalue weighted by atomic mass is 9.82. The molecule has 3 nitrogen and oxygen atoms in total. The lowest BCUT2D eigenvalue weighted by molar-refractivity contribution is -0.134. The Hall–Kier alpha value is -1.00. The number of hydrogen-bond acceptors (Lipinski definition) is 4. The van der Waals surface area contributed by atoms with Gasteiger partial charge in [0.15, 0.2) is 0 Å². The van der Waals surface area contributed by atoms with Crippen LogP contribution in [0.5, 0.6) is 0 Å². The first-order valence-electron chi connectivity index (χ1n) is 7.76. The van der Waals surface area contributed by atoms with E-state index in [1.165, 1.54) is 5.75 Å². The Morgan fingerprint density at radius 3 is 3.14 bits per heavy atom. The molecule has 3 rings (SSSR count). The van der Waals surface area contributed by atoms with E-state index in [1.54, 1.807) is 0 Å². The van der Waals surface area contributed by atoms with Crippen LogP contribution in [-0.2, 0) is 16.0 Å². The minimum atomic E-state index is 0.000415. The van der Waals surface area contributed by atoms with E-state index < -0.39 is 0 Å². The molecule has 2 heterocycles. The van der Waals surface area contributed by atoms with E-state index in [0.717, 1.165) is 49.3 Å². The highest BCUT2D eigenvalue weighted by atomic mass is 32.2. The van der Waals surface area contributed by atoms with Gasteiger partial charge in [-0.25, -0.2) is 0 Å². The van der Waals surface area contributed by atoms with Gasteiger partial charge in [0.2, 0.25) is 0 Å². The average Bonchev–Trinajstić information content (AvgIpc) is 2.93. The summed E-state index contributed by atoms with van der Waals surface area (Å²) in [5.41, 5.74) is 7.71. The number of nitrogens with two attached hydrogens (primary N) is 1. The molecule has 0 saturated carbocycles. The zero-order valence-electron chi connectivity index (χ0n) is 12.3. The fourth-order valence-corrected chi connectivity index (χ4v) is 4.76. The zero-order valence-corrected chi connectivity index (χ0v) is 13.2. The first kappa shape index (κ1) is 14.9. The summed E-state index contributed by atoms with van der Waals surface area (Å²) in [6, 6.07) is 7.84. The molecule has 2 saturated heterocycles. The number of nitrogen functional groups attached to an aromatic ring is 1. The number of hydrogen-bond donors (Lipinski definition) is 1. The van der Waals surface area contributed by atoms with Gasteiger partial charge >= 0.3 is 0 Å². The molecule has 2 atom stereocenters. The van der Waals surface area contributed by atoms with Crippen molar-refractivity contribution in [1.82, 2.24) is 0 Å². The van der Waals surface area contributed by atoms with Gasteiger partial charge in [-0.05, 0) is 49.1 Å². The van der Waals surface area contributed by atoms with Crippen LogP contribution in [0.2, 0.25) is 0 Å². The van der Waals surface area contributed by atoms with Crippen molar-refractivity contribution in [3.05, 3.63) is 29.8 Å². The number of ether oxygens (including phenoxy) is 1. The standard InChI is InChI=1S/C17H23NO2S/c18-15-3-1-2-13(10-15)4-5-16(19)14-6-8-20-17(11-14)7-9-21-12-17/h1-3,10,14H,4-9,11-12,18H2. The molecule has 114 valence electrons. The van der Waals surface area contributed by atoms with E-state index in [1.807, 2.05) is 36.0 Å². The smallest absolute Gasteiger partial charge is 0.136 e. The van der Waals surface area contributed by atoms with E-state index in [0.29, 0.717) is 12.2 Å². The predicted octanol–water partition coefficient (Wildman–Crippen LogP) is 3.07. The second-order valence-corrected chi connectivity index (χ2v) is 7.34. The Bertz CT molecular complexity index is 511. The third-order valence-corrected chi connectivity index (χ3v) is 5.85. The highest BCUT2D eigenvalue weighted by Gasteiger charge is 2.42. The van der Waals surface area contributed by atoms with Crippen LogP contribution in [-0.4, -0.2) is 29.5 Å². The van der Waals surface area contributed by atoms with Crippen molar-refractivity contribution in [1.29, 1.82) is 0 Å². The number of benzene rings is 1. The van der Waals surface area contributed by atoms with Gasteiger partial charge in [0.25, 0.3) is 0 Å². The summed E-state index contributed by atoms with van der Waals surface area (Å²) < 4.78 is 6.00. The second kappa shape index (κ2) is 6.41. The topological polar surface area (TPSA) is 52.3 Å². The van der Waals surface area contributed by atoms with Gasteiger partial charge in [0.05, 0.1) is 5.60 Å². The van der Waals surface area contributed by atoms with Gasteiger partial charge < -0.3 is 10.5 Å². The molecule has 0 amide bonds. The van der Waals surface area contributed by atoms with E-state index in [9.17, 15) is 4.79 Å². The molecule has 2 aliphatic heterocycles. The maximum Gasteiger partial charge on any atom is 0.136 e. The van der Waals surface area contributed by atoms with Crippen molar-refractivity contribution in [2.24, 2.45) is 5.92 Å². The van der Waals surface area contributed by atoms with Gasteiger partial charge in [0, 0.05) is 30.4 Å². The molecule has 1 spiro atoms. The fraction of sp³-hybridized carbons (Fsp3) is 0.588. The normalized spacial score (nSPS) is 28.9. The molecule has 2 N–H and O–H groups in total. The fourth-order valence-electron chi connectivity index (χ4n) is 3.39. The Morgan fingerprint density at radius 2 is 2.38 bits per heavy atom. The van der Waals surface area contributed by atoms with Crippen LogP contribution >= 0.6 is 11.8 Å². The number of carbonyl (C=O) groups is 1. The molecule has 4 heteroatoms. The molecular formula is C17H23NO2S. The summed E-state index contributed by atoms with van der Waals surface area (Å²) in [5.74, 6) is 2.83. The number of ketones is 1. The van der Waals surface area contributed by atoms with Gasteiger partial charge in [-0.15, -0.1) is 0 Å². The molecule has 1 aromatic carbocycles. The van der Waals surface area contributed by atoms with Crippen LogP contribution in [0.15, 0.2) is 24.3 Å². The number of Topliss-reactive ketones (excluding diaryl/α,β-unsaturated/α-hetero) is 1. The molecule has 0 radical (unpaired) electrons. The summed E-state index contributed by atoms with van der Waals surface area (Å²) >= 11 is 1.95. The SMILES string of the molecule is Nc1cccc(CCC(=O)C2CCOC3(CCSC3)C2)c1. The third-order valence-electron chi connectivity index (χ3n) is 4.63. The van der Waals surface area contributed by atoms with Crippen molar-refractivity contribution in [3.63, 3.8) is 0 Å². The molecule has 1 aromatic rings. The Labute approximate surface area is 130 Å². The van der Waals surface area contributed by atoms with E-state index in [2.05, 4.69) is 0 Å². The molecule has 2 fully saturated rings. The first-order valence-corrected chi connectivity index (χ1v) is 8.91. The maximum atomic E-state index is 12.5. The van der Waals surface area contributed by atoms with Gasteiger partial charge in [0.1, 0.15) is 5.78 Å². The average molecular weight is 305 g/mol. The molecular weight excluding hydrogens is 282 g/mol. The molecule has 0 aromatic heterocycles. The van der Waals surface area contributed by atoms with Crippen LogP contribution in [0.1, 0.15) is 31.2 Å². The summed E-state index contributed by atoms with van der Waals surface area (Å²) in [6.07, 6.45) is 4.34. The summed E-state index contributed by atoms with van der Waals surface area (Å²) in [5, 5.41) is 0. The van der Waals surface area contributed by atoms with Crippen LogP contribution in [0.25, 0.3) is 0 Å². The summed E-state index contributed by atoms with van der Waals surface area (Å²) in [4.78, 5) is 12.5. The van der Waals surface area contributed by atoms with Crippen LogP contribution in [0.4, 0.5) is 5.69 Å². The number of rotatable bonds is 4. The minimum Gasteiger partial charge on any atom is -0.399 e. The Morgan fingerprint density at radius 1 is 1.48 bits per heavy atom. The quantitative estimate of drug-likeness (QED) is 0.869.